The summed E-state index contributed by atoms with van der Waals surface area (Å²) in [5, 5.41) is 9.74. The summed E-state index contributed by atoms with van der Waals surface area (Å²) in [5.41, 5.74) is 0.406. The number of phenols is 1. The first-order chi connectivity index (χ1) is 10.5. The van der Waals surface area contributed by atoms with Gasteiger partial charge in [-0.1, -0.05) is 28.1 Å². The van der Waals surface area contributed by atoms with Crippen LogP contribution in [0.2, 0.25) is 0 Å². The van der Waals surface area contributed by atoms with Gasteiger partial charge >= 0.3 is 5.97 Å². The first-order valence-electron chi connectivity index (χ1n) is 6.34. The van der Waals surface area contributed by atoms with Gasteiger partial charge in [-0.2, -0.15) is 0 Å². The van der Waals surface area contributed by atoms with Crippen molar-refractivity contribution in [2.24, 2.45) is 0 Å². The summed E-state index contributed by atoms with van der Waals surface area (Å²) in [6.07, 6.45) is 0. The van der Waals surface area contributed by atoms with Gasteiger partial charge in [-0.3, -0.25) is 4.79 Å². The molecule has 5 nitrogen and oxygen atoms in total. The van der Waals surface area contributed by atoms with Crippen molar-refractivity contribution in [3.63, 3.8) is 0 Å². The second kappa shape index (κ2) is 7.09. The highest BCUT2D eigenvalue weighted by Gasteiger charge is 2.16. The number of Topliss-reactive ketones (excluding diaryl/α,β-unsaturated/α-hetero) is 1. The molecule has 0 bridgehead atoms. The fourth-order valence-corrected chi connectivity index (χ4v) is 2.16. The Morgan fingerprint density at radius 3 is 2.59 bits per heavy atom. The standard InChI is InChI=1S/C16H13BrO5/c1-21-12-5-6-13(14(18)8-12)16(20)22-9-15(19)10-3-2-4-11(17)7-10/h2-8,18H,9H2,1H3. The van der Waals surface area contributed by atoms with Crippen molar-refractivity contribution < 1.29 is 24.2 Å². The van der Waals surface area contributed by atoms with Crippen LogP contribution in [0.3, 0.4) is 0 Å². The maximum absolute atomic E-state index is 11.9. The normalized spacial score (nSPS) is 10.1. The fourth-order valence-electron chi connectivity index (χ4n) is 1.77. The molecule has 2 aromatic carbocycles. The van der Waals surface area contributed by atoms with Gasteiger partial charge in [0.1, 0.15) is 17.1 Å². The lowest BCUT2D eigenvalue weighted by Gasteiger charge is -2.07. The minimum absolute atomic E-state index is 0.0251. The summed E-state index contributed by atoms with van der Waals surface area (Å²) in [4.78, 5) is 23.8. The SMILES string of the molecule is COc1ccc(C(=O)OCC(=O)c2cccc(Br)c2)c(O)c1. The monoisotopic (exact) mass is 364 g/mol. The molecule has 0 aromatic heterocycles. The van der Waals surface area contributed by atoms with Crippen molar-refractivity contribution in [2.75, 3.05) is 13.7 Å². The van der Waals surface area contributed by atoms with Crippen molar-refractivity contribution >= 4 is 27.7 Å². The Kier molecular flexibility index (Phi) is 5.16. The van der Waals surface area contributed by atoms with E-state index in [2.05, 4.69) is 15.9 Å². The Bertz CT molecular complexity index is 711. The van der Waals surface area contributed by atoms with Gasteiger partial charge in [0.05, 0.1) is 7.11 Å². The summed E-state index contributed by atoms with van der Waals surface area (Å²) in [6, 6.07) is 11.0. The Hall–Kier alpha value is -2.34. The first-order valence-corrected chi connectivity index (χ1v) is 7.13. The van der Waals surface area contributed by atoms with Crippen LogP contribution >= 0.6 is 15.9 Å². The lowest BCUT2D eigenvalue weighted by molar-refractivity contribution is 0.0471. The molecule has 2 aromatic rings. The maximum Gasteiger partial charge on any atom is 0.342 e. The van der Waals surface area contributed by atoms with Crippen molar-refractivity contribution in [2.45, 2.75) is 0 Å². The van der Waals surface area contributed by atoms with Crippen LogP contribution in [-0.2, 0) is 4.74 Å². The molecule has 2 rings (SSSR count). The number of hydrogen-bond donors (Lipinski definition) is 1. The van der Waals surface area contributed by atoms with E-state index in [4.69, 9.17) is 9.47 Å². The van der Waals surface area contributed by atoms with Gasteiger partial charge in [-0.15, -0.1) is 0 Å². The van der Waals surface area contributed by atoms with E-state index in [-0.39, 0.29) is 17.1 Å². The van der Waals surface area contributed by atoms with Crippen LogP contribution in [0, 0.1) is 0 Å². The predicted molar refractivity (Wildman–Crippen MR) is 83.4 cm³/mol. The van der Waals surface area contributed by atoms with E-state index in [9.17, 15) is 14.7 Å². The summed E-state index contributed by atoms with van der Waals surface area (Å²) >= 11 is 3.27. The molecule has 6 heteroatoms. The number of aromatic hydroxyl groups is 1. The molecule has 114 valence electrons. The van der Waals surface area contributed by atoms with E-state index in [1.165, 1.54) is 25.3 Å². The summed E-state index contributed by atoms with van der Waals surface area (Å²) in [6.45, 7) is -0.402. The number of hydrogen-bond acceptors (Lipinski definition) is 5. The number of rotatable bonds is 5. The largest absolute Gasteiger partial charge is 0.507 e. The first kappa shape index (κ1) is 16.0. The number of phenolic OH excluding ortho intramolecular Hbond substituents is 1. The lowest BCUT2D eigenvalue weighted by atomic mass is 10.1. The molecule has 0 unspecified atom stereocenters. The van der Waals surface area contributed by atoms with Gasteiger partial charge < -0.3 is 14.6 Å². The molecule has 0 amide bonds. The molecule has 0 spiro atoms. The molecule has 22 heavy (non-hydrogen) atoms. The number of carbonyl (C=O) groups excluding carboxylic acids is 2. The minimum atomic E-state index is -0.775. The smallest absolute Gasteiger partial charge is 0.342 e. The predicted octanol–water partition coefficient (Wildman–Crippen LogP) is 3.20. The van der Waals surface area contributed by atoms with Gasteiger partial charge in [0, 0.05) is 16.1 Å². The maximum atomic E-state index is 11.9. The topological polar surface area (TPSA) is 72.8 Å². The zero-order chi connectivity index (χ0) is 16.1. The number of halogens is 1. The van der Waals surface area contributed by atoms with Gasteiger partial charge in [-0.05, 0) is 24.3 Å². The van der Waals surface area contributed by atoms with Crippen LogP contribution in [-0.4, -0.2) is 30.6 Å². The molecule has 0 atom stereocenters. The molecular formula is C16H13BrO5. The molecular weight excluding hydrogens is 352 g/mol. The third-order valence-corrected chi connectivity index (χ3v) is 3.40. The second-order valence-electron chi connectivity index (χ2n) is 4.39. The minimum Gasteiger partial charge on any atom is -0.507 e. The lowest BCUT2D eigenvalue weighted by Crippen LogP contribution is -2.14. The van der Waals surface area contributed by atoms with E-state index in [0.717, 1.165) is 4.47 Å². The highest BCUT2D eigenvalue weighted by Crippen LogP contribution is 2.24. The molecule has 0 radical (unpaired) electrons. The third-order valence-electron chi connectivity index (χ3n) is 2.91. The van der Waals surface area contributed by atoms with Gasteiger partial charge in [0.15, 0.2) is 12.4 Å². The van der Waals surface area contributed by atoms with Crippen LogP contribution < -0.4 is 4.74 Å². The molecule has 0 saturated carbocycles. The van der Waals surface area contributed by atoms with Crippen LogP contribution in [0.5, 0.6) is 11.5 Å². The molecule has 0 aliphatic heterocycles. The zero-order valence-corrected chi connectivity index (χ0v) is 13.3. The number of methoxy groups -OCH3 is 1. The van der Waals surface area contributed by atoms with Crippen molar-refractivity contribution in [1.29, 1.82) is 0 Å². The van der Waals surface area contributed by atoms with Crippen LogP contribution in [0.15, 0.2) is 46.9 Å². The van der Waals surface area contributed by atoms with Crippen LogP contribution in [0.4, 0.5) is 0 Å². The van der Waals surface area contributed by atoms with E-state index in [1.807, 2.05) is 0 Å². The Balaban J connectivity index is 2.02. The average molecular weight is 365 g/mol. The number of ketones is 1. The Morgan fingerprint density at radius 1 is 1.18 bits per heavy atom. The summed E-state index contributed by atoms with van der Waals surface area (Å²) in [7, 11) is 1.45. The van der Waals surface area contributed by atoms with Crippen molar-refractivity contribution in [3.8, 4) is 11.5 Å². The van der Waals surface area contributed by atoms with Gasteiger partial charge in [0.25, 0.3) is 0 Å². The number of ether oxygens (including phenoxy) is 2. The Morgan fingerprint density at radius 2 is 1.95 bits per heavy atom. The van der Waals surface area contributed by atoms with Crippen LogP contribution in [0.25, 0.3) is 0 Å². The molecule has 1 N–H and O–H groups in total. The van der Waals surface area contributed by atoms with E-state index in [1.54, 1.807) is 24.3 Å². The number of carbonyl (C=O) groups is 2. The molecule has 0 aliphatic rings. The van der Waals surface area contributed by atoms with Crippen LogP contribution in [0.1, 0.15) is 20.7 Å². The molecule has 0 fully saturated rings. The fraction of sp³-hybridized carbons (Fsp3) is 0.125. The van der Waals surface area contributed by atoms with Crippen molar-refractivity contribution in [3.05, 3.63) is 58.1 Å². The van der Waals surface area contributed by atoms with E-state index in [0.29, 0.717) is 11.3 Å². The molecule has 0 heterocycles. The Labute approximate surface area is 135 Å². The van der Waals surface area contributed by atoms with E-state index >= 15 is 0 Å². The average Bonchev–Trinajstić information content (AvgIpc) is 2.52. The second-order valence-corrected chi connectivity index (χ2v) is 5.31. The third kappa shape index (κ3) is 3.85. The highest BCUT2D eigenvalue weighted by molar-refractivity contribution is 9.10. The quantitative estimate of drug-likeness (QED) is 0.651. The number of esters is 1. The van der Waals surface area contributed by atoms with Gasteiger partial charge in [0.2, 0.25) is 0 Å². The summed E-state index contributed by atoms with van der Waals surface area (Å²) in [5.74, 6) is -0.954. The summed E-state index contributed by atoms with van der Waals surface area (Å²) < 4.78 is 10.6. The van der Waals surface area contributed by atoms with Crippen molar-refractivity contribution in [1.82, 2.24) is 0 Å². The highest BCUT2D eigenvalue weighted by atomic mass is 79.9. The van der Waals surface area contributed by atoms with Gasteiger partial charge in [-0.25, -0.2) is 4.79 Å². The zero-order valence-electron chi connectivity index (χ0n) is 11.7. The number of benzene rings is 2. The molecule has 0 saturated heterocycles. The molecule has 0 aliphatic carbocycles. The van der Waals surface area contributed by atoms with E-state index < -0.39 is 12.6 Å².